The van der Waals surface area contributed by atoms with Gasteiger partial charge in [0.25, 0.3) is 0 Å². The molecule has 1 aromatic rings. The van der Waals surface area contributed by atoms with Crippen LogP contribution in [0.2, 0.25) is 0 Å². The van der Waals surface area contributed by atoms with Crippen LogP contribution >= 0.6 is 0 Å². The number of aromatic nitrogens is 1. The second-order valence-electron chi connectivity index (χ2n) is 2.33. The highest BCUT2D eigenvalue weighted by atomic mass is 16.4. The normalized spacial score (nSPS) is 9.33. The molecular weight excluding hydrogens is 158 g/mol. The molecule has 0 atom stereocenters. The van der Waals surface area contributed by atoms with Crippen molar-refractivity contribution in [3.05, 3.63) is 16.8 Å². The van der Waals surface area contributed by atoms with Crippen LogP contribution in [0.5, 0.6) is 0 Å². The second-order valence-corrected chi connectivity index (χ2v) is 2.33. The fourth-order valence-electron chi connectivity index (χ4n) is 0.976. The standard InChI is InChI=1S/C7H7N3O2/c1-3-4(2-8)6(9)10-5(3)7(11)12/h10H,9H2,1H3,(H,11,12). The maximum absolute atomic E-state index is 10.5. The van der Waals surface area contributed by atoms with Gasteiger partial charge in [-0.2, -0.15) is 5.26 Å². The summed E-state index contributed by atoms with van der Waals surface area (Å²) in [5, 5.41) is 17.2. The minimum Gasteiger partial charge on any atom is -0.477 e. The molecule has 62 valence electrons. The molecule has 1 aromatic heterocycles. The average molecular weight is 165 g/mol. The largest absolute Gasteiger partial charge is 0.477 e. The van der Waals surface area contributed by atoms with Crippen LogP contribution in [0.3, 0.4) is 0 Å². The van der Waals surface area contributed by atoms with E-state index in [1.165, 1.54) is 6.92 Å². The fourth-order valence-corrected chi connectivity index (χ4v) is 0.976. The number of carbonyl (C=O) groups is 1. The molecule has 5 nitrogen and oxygen atoms in total. The Kier molecular flexibility index (Phi) is 1.75. The van der Waals surface area contributed by atoms with E-state index in [0.29, 0.717) is 5.56 Å². The molecule has 0 saturated heterocycles. The number of nitrogens with one attached hydrogen (secondary N) is 1. The van der Waals surface area contributed by atoms with Gasteiger partial charge in [0.05, 0.1) is 5.56 Å². The van der Waals surface area contributed by atoms with E-state index in [4.69, 9.17) is 16.1 Å². The summed E-state index contributed by atoms with van der Waals surface area (Å²) in [5.41, 5.74) is 5.90. The molecule has 1 rings (SSSR count). The number of rotatable bonds is 1. The van der Waals surface area contributed by atoms with Gasteiger partial charge in [0.15, 0.2) is 0 Å². The molecular formula is C7H7N3O2. The molecule has 0 saturated carbocycles. The van der Waals surface area contributed by atoms with Crippen molar-refractivity contribution in [3.8, 4) is 6.07 Å². The summed E-state index contributed by atoms with van der Waals surface area (Å²) >= 11 is 0. The smallest absolute Gasteiger partial charge is 0.352 e. The SMILES string of the molecule is Cc1c(C(=O)O)[nH]c(N)c1C#N. The summed E-state index contributed by atoms with van der Waals surface area (Å²) in [6.07, 6.45) is 0. The molecule has 0 fully saturated rings. The predicted molar refractivity (Wildman–Crippen MR) is 41.6 cm³/mol. The highest BCUT2D eigenvalue weighted by Gasteiger charge is 2.16. The van der Waals surface area contributed by atoms with E-state index >= 15 is 0 Å². The van der Waals surface area contributed by atoms with E-state index in [0.717, 1.165) is 0 Å². The van der Waals surface area contributed by atoms with E-state index in [1.807, 2.05) is 6.07 Å². The molecule has 12 heavy (non-hydrogen) atoms. The van der Waals surface area contributed by atoms with Crippen LogP contribution in [0.1, 0.15) is 21.6 Å². The van der Waals surface area contributed by atoms with Gasteiger partial charge in [-0.05, 0) is 6.92 Å². The second kappa shape index (κ2) is 2.58. The average Bonchev–Trinajstić information content (AvgIpc) is 2.27. The third-order valence-corrected chi connectivity index (χ3v) is 1.60. The third kappa shape index (κ3) is 0.992. The van der Waals surface area contributed by atoms with E-state index in [2.05, 4.69) is 4.98 Å². The number of nitrogens with two attached hydrogens (primary N) is 1. The molecule has 0 aliphatic rings. The van der Waals surface area contributed by atoms with Gasteiger partial charge in [0, 0.05) is 5.56 Å². The van der Waals surface area contributed by atoms with Gasteiger partial charge in [-0.1, -0.05) is 0 Å². The maximum atomic E-state index is 10.5. The molecule has 0 aliphatic carbocycles. The molecule has 0 spiro atoms. The van der Waals surface area contributed by atoms with Gasteiger partial charge in [0.2, 0.25) is 0 Å². The first kappa shape index (κ1) is 8.14. The minimum atomic E-state index is -1.11. The lowest BCUT2D eigenvalue weighted by Crippen LogP contribution is -1.98. The Labute approximate surface area is 68.4 Å². The monoisotopic (exact) mass is 165 g/mol. The Balaban J connectivity index is 3.39. The van der Waals surface area contributed by atoms with Gasteiger partial charge in [-0.15, -0.1) is 0 Å². The van der Waals surface area contributed by atoms with Crippen molar-refractivity contribution in [1.29, 1.82) is 5.26 Å². The van der Waals surface area contributed by atoms with Crippen molar-refractivity contribution in [2.75, 3.05) is 5.73 Å². The summed E-state index contributed by atoms with van der Waals surface area (Å²) in [6, 6.07) is 1.82. The van der Waals surface area contributed by atoms with Crippen molar-refractivity contribution in [1.82, 2.24) is 4.98 Å². The minimum absolute atomic E-state index is 0.0240. The number of nitriles is 1. The maximum Gasteiger partial charge on any atom is 0.352 e. The van der Waals surface area contributed by atoms with Gasteiger partial charge in [0.1, 0.15) is 17.6 Å². The quantitative estimate of drug-likeness (QED) is 0.562. The van der Waals surface area contributed by atoms with E-state index in [9.17, 15) is 4.79 Å². The zero-order valence-electron chi connectivity index (χ0n) is 6.38. The highest BCUT2D eigenvalue weighted by molar-refractivity contribution is 5.89. The summed E-state index contributed by atoms with van der Waals surface area (Å²) in [6.45, 7) is 1.54. The Morgan fingerprint density at radius 2 is 2.33 bits per heavy atom. The number of hydrogen-bond donors (Lipinski definition) is 3. The molecule has 0 amide bonds. The molecule has 0 unspecified atom stereocenters. The van der Waals surface area contributed by atoms with Crippen molar-refractivity contribution in [3.63, 3.8) is 0 Å². The van der Waals surface area contributed by atoms with Crippen LogP contribution in [0.25, 0.3) is 0 Å². The zero-order valence-corrected chi connectivity index (χ0v) is 6.38. The third-order valence-electron chi connectivity index (χ3n) is 1.60. The highest BCUT2D eigenvalue weighted by Crippen LogP contribution is 2.18. The van der Waals surface area contributed by atoms with Crippen LogP contribution in [0, 0.1) is 18.3 Å². The zero-order chi connectivity index (χ0) is 9.30. The molecule has 0 bridgehead atoms. The van der Waals surface area contributed by atoms with Crippen molar-refractivity contribution in [2.24, 2.45) is 0 Å². The topological polar surface area (TPSA) is 103 Å². The molecule has 0 aromatic carbocycles. The number of carboxylic acid groups (broad SMARTS) is 1. The van der Waals surface area contributed by atoms with Gasteiger partial charge < -0.3 is 15.8 Å². The van der Waals surface area contributed by atoms with Gasteiger partial charge in [-0.25, -0.2) is 4.79 Å². The first-order valence-electron chi connectivity index (χ1n) is 3.19. The van der Waals surface area contributed by atoms with E-state index < -0.39 is 5.97 Å². The van der Waals surface area contributed by atoms with Gasteiger partial charge in [-0.3, -0.25) is 0 Å². The van der Waals surface area contributed by atoms with Crippen LogP contribution < -0.4 is 5.73 Å². The van der Waals surface area contributed by atoms with E-state index in [1.54, 1.807) is 0 Å². The molecule has 0 aliphatic heterocycles. The Morgan fingerprint density at radius 3 is 2.58 bits per heavy atom. The summed E-state index contributed by atoms with van der Waals surface area (Å²) < 4.78 is 0. The van der Waals surface area contributed by atoms with Crippen LogP contribution in [-0.4, -0.2) is 16.1 Å². The lowest BCUT2D eigenvalue weighted by atomic mass is 10.2. The number of carboxylic acids is 1. The summed E-state index contributed by atoms with van der Waals surface area (Å²) in [4.78, 5) is 12.9. The van der Waals surface area contributed by atoms with Crippen molar-refractivity contribution in [2.45, 2.75) is 6.92 Å². The molecule has 4 N–H and O–H groups in total. The summed E-state index contributed by atoms with van der Waals surface area (Å²) in [7, 11) is 0. The Hall–Kier alpha value is -1.96. The van der Waals surface area contributed by atoms with Crippen LogP contribution in [-0.2, 0) is 0 Å². The number of aromatic carboxylic acids is 1. The van der Waals surface area contributed by atoms with Crippen molar-refractivity contribution < 1.29 is 9.90 Å². The lowest BCUT2D eigenvalue weighted by molar-refractivity contribution is 0.0690. The van der Waals surface area contributed by atoms with E-state index in [-0.39, 0.29) is 17.1 Å². The predicted octanol–water partition coefficient (Wildman–Crippen LogP) is 0.475. The molecule has 1 heterocycles. The van der Waals surface area contributed by atoms with Crippen molar-refractivity contribution >= 4 is 11.8 Å². The number of hydrogen-bond acceptors (Lipinski definition) is 3. The number of nitrogens with zero attached hydrogens (tertiary/aromatic N) is 1. The number of aromatic amines is 1. The first-order valence-corrected chi connectivity index (χ1v) is 3.19. The fraction of sp³-hybridized carbons (Fsp3) is 0.143. The van der Waals surface area contributed by atoms with Crippen LogP contribution in [0.4, 0.5) is 5.82 Å². The van der Waals surface area contributed by atoms with Crippen LogP contribution in [0.15, 0.2) is 0 Å². The Bertz CT molecular complexity index is 373. The molecule has 5 heteroatoms. The lowest BCUT2D eigenvalue weighted by Gasteiger charge is -1.88. The van der Waals surface area contributed by atoms with Gasteiger partial charge >= 0.3 is 5.97 Å². The summed E-state index contributed by atoms with van der Waals surface area (Å²) in [5.74, 6) is -1.01. The Morgan fingerprint density at radius 1 is 1.75 bits per heavy atom. The molecule has 0 radical (unpaired) electrons. The number of nitrogen functional groups attached to an aromatic ring is 1. The number of H-pyrrole nitrogens is 1. The first-order chi connectivity index (χ1) is 5.57. The number of anilines is 1.